The van der Waals surface area contributed by atoms with E-state index in [1.807, 2.05) is 31.2 Å². The zero-order chi connectivity index (χ0) is 20.1. The number of hydrogen-bond acceptors (Lipinski definition) is 4. The lowest BCUT2D eigenvalue weighted by Gasteiger charge is -2.35. The summed E-state index contributed by atoms with van der Waals surface area (Å²) in [4.78, 5) is 15.1. The van der Waals surface area contributed by atoms with Crippen LogP contribution in [0.5, 0.6) is 0 Å². The molecular formula is C21H29ClN4O2. The van der Waals surface area contributed by atoms with Gasteiger partial charge in [-0.2, -0.15) is 5.10 Å². The molecule has 1 saturated heterocycles. The molecule has 0 spiro atoms. The van der Waals surface area contributed by atoms with Crippen molar-refractivity contribution in [2.45, 2.75) is 45.8 Å². The van der Waals surface area contributed by atoms with Crippen molar-refractivity contribution < 1.29 is 9.53 Å². The summed E-state index contributed by atoms with van der Waals surface area (Å²) in [5.41, 5.74) is 2.37. The minimum Gasteiger partial charge on any atom is -0.373 e. The lowest BCUT2D eigenvalue weighted by atomic mass is 10.2. The Labute approximate surface area is 171 Å². The van der Waals surface area contributed by atoms with Crippen molar-refractivity contribution in [3.63, 3.8) is 0 Å². The van der Waals surface area contributed by atoms with E-state index in [1.54, 1.807) is 10.9 Å². The molecule has 1 amide bonds. The number of carbonyl (C=O) groups is 1. The number of ether oxygens (including phenoxy) is 1. The molecule has 2 heterocycles. The van der Waals surface area contributed by atoms with Crippen LogP contribution in [0.4, 0.5) is 0 Å². The van der Waals surface area contributed by atoms with Crippen LogP contribution in [-0.4, -0.2) is 59.0 Å². The molecule has 1 aromatic heterocycles. The van der Waals surface area contributed by atoms with Crippen molar-refractivity contribution in [3.8, 4) is 5.69 Å². The van der Waals surface area contributed by atoms with Crippen LogP contribution < -0.4 is 5.32 Å². The number of benzene rings is 1. The van der Waals surface area contributed by atoms with Gasteiger partial charge in [0.2, 0.25) is 0 Å². The maximum atomic E-state index is 12.7. The van der Waals surface area contributed by atoms with Crippen molar-refractivity contribution in [1.29, 1.82) is 0 Å². The fraction of sp³-hybridized carbons (Fsp3) is 0.524. The maximum Gasteiger partial charge on any atom is 0.254 e. The molecule has 3 rings (SSSR count). The predicted octanol–water partition coefficient (Wildman–Crippen LogP) is 3.32. The monoisotopic (exact) mass is 404 g/mol. The molecule has 0 bridgehead atoms. The van der Waals surface area contributed by atoms with Crippen LogP contribution >= 0.6 is 11.6 Å². The minimum absolute atomic E-state index is 0.0751. The molecular weight excluding hydrogens is 376 g/mol. The standard InChI is InChI=1S/C21H29ClN4O2/c1-4-20-19(12-24-26(20)18-8-5-7-17(22)11-18)21(27)23-9-6-10-25-13-15(2)28-16(3)14-25/h5,7-8,11-12,15-16H,4,6,9-10,13-14H2,1-3H3,(H,23,27). The molecule has 1 fully saturated rings. The van der Waals surface area contributed by atoms with E-state index in [1.165, 1.54) is 0 Å². The minimum atomic E-state index is -0.0751. The molecule has 152 valence electrons. The molecule has 7 heteroatoms. The van der Waals surface area contributed by atoms with Gasteiger partial charge in [0.05, 0.1) is 35.3 Å². The van der Waals surface area contributed by atoms with Gasteiger partial charge in [-0.25, -0.2) is 4.68 Å². The van der Waals surface area contributed by atoms with E-state index < -0.39 is 0 Å². The van der Waals surface area contributed by atoms with Gasteiger partial charge in [-0.15, -0.1) is 0 Å². The van der Waals surface area contributed by atoms with Gasteiger partial charge in [0.1, 0.15) is 0 Å². The zero-order valence-electron chi connectivity index (χ0n) is 16.8. The van der Waals surface area contributed by atoms with E-state index in [0.29, 0.717) is 23.6 Å². The van der Waals surface area contributed by atoms with Gasteiger partial charge in [-0.05, 0) is 44.9 Å². The van der Waals surface area contributed by atoms with Crippen LogP contribution in [0.25, 0.3) is 5.69 Å². The quantitative estimate of drug-likeness (QED) is 0.719. The van der Waals surface area contributed by atoms with Crippen LogP contribution in [-0.2, 0) is 11.2 Å². The molecule has 2 aromatic rings. The van der Waals surface area contributed by atoms with E-state index in [9.17, 15) is 4.79 Å². The molecule has 0 saturated carbocycles. The maximum absolute atomic E-state index is 12.7. The number of nitrogens with zero attached hydrogens (tertiary/aromatic N) is 3. The summed E-state index contributed by atoms with van der Waals surface area (Å²) in [7, 11) is 0. The smallest absolute Gasteiger partial charge is 0.254 e. The number of carbonyl (C=O) groups excluding carboxylic acids is 1. The first-order chi connectivity index (χ1) is 13.5. The van der Waals surface area contributed by atoms with Gasteiger partial charge in [0.25, 0.3) is 5.91 Å². The van der Waals surface area contributed by atoms with Crippen molar-refractivity contribution in [3.05, 3.63) is 46.7 Å². The second kappa shape index (κ2) is 9.54. The first-order valence-corrected chi connectivity index (χ1v) is 10.3. The van der Waals surface area contributed by atoms with Crippen molar-refractivity contribution >= 4 is 17.5 Å². The molecule has 0 radical (unpaired) electrons. The average Bonchev–Trinajstić information content (AvgIpc) is 3.08. The molecule has 1 aromatic carbocycles. The summed E-state index contributed by atoms with van der Waals surface area (Å²) in [6.07, 6.45) is 3.79. The third kappa shape index (κ3) is 5.13. The fourth-order valence-electron chi connectivity index (χ4n) is 3.80. The molecule has 1 aliphatic rings. The molecule has 2 unspecified atom stereocenters. The molecule has 0 aliphatic carbocycles. The van der Waals surface area contributed by atoms with Crippen LogP contribution in [0.3, 0.4) is 0 Å². The Morgan fingerprint density at radius 1 is 1.32 bits per heavy atom. The Morgan fingerprint density at radius 3 is 2.75 bits per heavy atom. The van der Waals surface area contributed by atoms with E-state index >= 15 is 0 Å². The molecule has 1 N–H and O–H groups in total. The lowest BCUT2D eigenvalue weighted by molar-refractivity contribution is -0.0679. The lowest BCUT2D eigenvalue weighted by Crippen LogP contribution is -2.46. The highest BCUT2D eigenvalue weighted by molar-refractivity contribution is 6.30. The second-order valence-corrected chi connectivity index (χ2v) is 7.81. The topological polar surface area (TPSA) is 59.4 Å². The van der Waals surface area contributed by atoms with Gasteiger partial charge < -0.3 is 10.1 Å². The van der Waals surface area contributed by atoms with Crippen LogP contribution in [0.15, 0.2) is 30.5 Å². The number of aromatic nitrogens is 2. The van der Waals surface area contributed by atoms with E-state index in [4.69, 9.17) is 16.3 Å². The van der Waals surface area contributed by atoms with Crippen LogP contribution in [0.1, 0.15) is 43.2 Å². The van der Waals surface area contributed by atoms with Crippen molar-refractivity contribution in [1.82, 2.24) is 20.0 Å². The van der Waals surface area contributed by atoms with Gasteiger partial charge in [-0.3, -0.25) is 9.69 Å². The Bertz CT molecular complexity index is 797. The van der Waals surface area contributed by atoms with Gasteiger partial charge in [0, 0.05) is 31.2 Å². The molecule has 1 aliphatic heterocycles. The van der Waals surface area contributed by atoms with Crippen LogP contribution in [0, 0.1) is 0 Å². The van der Waals surface area contributed by atoms with Crippen LogP contribution in [0.2, 0.25) is 5.02 Å². The van der Waals surface area contributed by atoms with E-state index in [0.717, 1.165) is 37.4 Å². The summed E-state index contributed by atoms with van der Waals surface area (Å²) < 4.78 is 7.55. The number of amides is 1. The Balaban J connectivity index is 1.56. The molecule has 6 nitrogen and oxygen atoms in total. The number of rotatable bonds is 7. The van der Waals surface area contributed by atoms with E-state index in [-0.39, 0.29) is 18.1 Å². The summed E-state index contributed by atoms with van der Waals surface area (Å²) in [5.74, 6) is -0.0751. The summed E-state index contributed by atoms with van der Waals surface area (Å²) >= 11 is 6.09. The second-order valence-electron chi connectivity index (χ2n) is 7.38. The number of nitrogens with one attached hydrogen (secondary N) is 1. The highest BCUT2D eigenvalue weighted by Crippen LogP contribution is 2.19. The molecule has 28 heavy (non-hydrogen) atoms. The molecule has 2 atom stereocenters. The fourth-order valence-corrected chi connectivity index (χ4v) is 3.99. The Hall–Kier alpha value is -1.89. The largest absolute Gasteiger partial charge is 0.373 e. The normalized spacial score (nSPS) is 20.3. The van der Waals surface area contributed by atoms with Gasteiger partial charge >= 0.3 is 0 Å². The zero-order valence-corrected chi connectivity index (χ0v) is 17.6. The Morgan fingerprint density at radius 2 is 2.07 bits per heavy atom. The number of halogens is 1. The van der Waals surface area contributed by atoms with Gasteiger partial charge in [-0.1, -0.05) is 24.6 Å². The number of hydrogen-bond donors (Lipinski definition) is 1. The third-order valence-electron chi connectivity index (χ3n) is 4.93. The highest BCUT2D eigenvalue weighted by Gasteiger charge is 2.22. The summed E-state index contributed by atoms with van der Waals surface area (Å²) in [5, 5.41) is 8.09. The highest BCUT2D eigenvalue weighted by atomic mass is 35.5. The Kier molecular flexibility index (Phi) is 7.10. The first-order valence-electron chi connectivity index (χ1n) is 9.96. The number of morpholine rings is 1. The average molecular weight is 405 g/mol. The van der Waals surface area contributed by atoms with Gasteiger partial charge in [0.15, 0.2) is 0 Å². The predicted molar refractivity (Wildman–Crippen MR) is 111 cm³/mol. The third-order valence-corrected chi connectivity index (χ3v) is 5.17. The first kappa shape index (κ1) is 20.8. The SMILES string of the molecule is CCc1c(C(=O)NCCCN2CC(C)OC(C)C2)cnn1-c1cccc(Cl)c1. The van der Waals surface area contributed by atoms with Crippen molar-refractivity contribution in [2.75, 3.05) is 26.2 Å². The summed E-state index contributed by atoms with van der Waals surface area (Å²) in [6, 6.07) is 7.49. The van der Waals surface area contributed by atoms with E-state index in [2.05, 4.69) is 29.2 Å². The van der Waals surface area contributed by atoms with Crippen molar-refractivity contribution in [2.24, 2.45) is 0 Å². The summed E-state index contributed by atoms with van der Waals surface area (Å²) in [6.45, 7) is 9.73.